The molecular weight excluding hydrogens is 210 g/mol. The van der Waals surface area contributed by atoms with Crippen LogP contribution in [-0.4, -0.2) is 46.4 Å². The van der Waals surface area contributed by atoms with Crippen LogP contribution >= 0.6 is 0 Å². The van der Waals surface area contributed by atoms with Gasteiger partial charge in [-0.15, -0.1) is 0 Å². The maximum absolute atomic E-state index is 11.9. The quantitative estimate of drug-likeness (QED) is 0.754. The van der Waals surface area contributed by atoms with Crippen LogP contribution in [0.4, 0.5) is 0 Å². The summed E-state index contributed by atoms with van der Waals surface area (Å²) in [4.78, 5) is 31.0. The maximum atomic E-state index is 11.9. The molecule has 0 spiro atoms. The Morgan fingerprint density at radius 1 is 1.56 bits per heavy atom. The Balaban J connectivity index is 2.78. The standard InChI is InChI=1S/C10H15N3O3/c1-7(2)13(5-9(14)16-3)10(15)8-4-11-6-12-8/h4,6-7H,5H2,1-3H3,(H,11,12). The molecule has 0 aromatic carbocycles. The summed E-state index contributed by atoms with van der Waals surface area (Å²) in [5.74, 6) is -0.709. The Bertz CT molecular complexity index is 359. The first-order chi connectivity index (χ1) is 7.56. The van der Waals surface area contributed by atoms with Gasteiger partial charge in [-0.2, -0.15) is 0 Å². The van der Waals surface area contributed by atoms with Crippen LogP contribution in [0.25, 0.3) is 0 Å². The van der Waals surface area contributed by atoms with E-state index in [4.69, 9.17) is 0 Å². The number of esters is 1. The molecule has 0 fully saturated rings. The van der Waals surface area contributed by atoms with Gasteiger partial charge in [0.25, 0.3) is 5.91 Å². The molecule has 1 rings (SSSR count). The van der Waals surface area contributed by atoms with E-state index in [1.54, 1.807) is 0 Å². The Morgan fingerprint density at radius 2 is 2.25 bits per heavy atom. The van der Waals surface area contributed by atoms with Crippen molar-refractivity contribution in [1.29, 1.82) is 0 Å². The van der Waals surface area contributed by atoms with Gasteiger partial charge in [0.15, 0.2) is 0 Å². The topological polar surface area (TPSA) is 75.3 Å². The van der Waals surface area contributed by atoms with Gasteiger partial charge in [-0.25, -0.2) is 4.98 Å². The van der Waals surface area contributed by atoms with Crippen molar-refractivity contribution in [1.82, 2.24) is 14.9 Å². The molecule has 16 heavy (non-hydrogen) atoms. The average Bonchev–Trinajstić information content (AvgIpc) is 2.77. The number of nitrogens with one attached hydrogen (secondary N) is 1. The summed E-state index contributed by atoms with van der Waals surface area (Å²) >= 11 is 0. The lowest BCUT2D eigenvalue weighted by Gasteiger charge is -2.24. The van der Waals surface area contributed by atoms with Crippen LogP contribution in [-0.2, 0) is 9.53 Å². The summed E-state index contributed by atoms with van der Waals surface area (Å²) in [6.07, 6.45) is 2.85. The van der Waals surface area contributed by atoms with Gasteiger partial charge in [-0.3, -0.25) is 9.59 Å². The van der Waals surface area contributed by atoms with E-state index >= 15 is 0 Å². The first kappa shape index (κ1) is 12.2. The predicted molar refractivity (Wildman–Crippen MR) is 56.8 cm³/mol. The van der Waals surface area contributed by atoms with Gasteiger partial charge in [0.1, 0.15) is 12.2 Å². The number of rotatable bonds is 4. The van der Waals surface area contributed by atoms with Crippen LogP contribution in [0.15, 0.2) is 12.5 Å². The molecule has 1 N–H and O–H groups in total. The molecule has 0 aliphatic rings. The molecule has 0 aliphatic carbocycles. The fourth-order valence-electron chi connectivity index (χ4n) is 1.22. The van der Waals surface area contributed by atoms with Crippen molar-refractivity contribution < 1.29 is 14.3 Å². The first-order valence-corrected chi connectivity index (χ1v) is 4.92. The van der Waals surface area contributed by atoms with Gasteiger partial charge in [0, 0.05) is 6.04 Å². The van der Waals surface area contributed by atoms with E-state index in [9.17, 15) is 9.59 Å². The normalized spacial score (nSPS) is 10.2. The Labute approximate surface area is 93.6 Å². The monoisotopic (exact) mass is 225 g/mol. The molecule has 0 saturated heterocycles. The molecule has 88 valence electrons. The summed E-state index contributed by atoms with van der Waals surface area (Å²) in [5.41, 5.74) is 0.359. The zero-order chi connectivity index (χ0) is 12.1. The van der Waals surface area contributed by atoms with Gasteiger partial charge in [0.05, 0.1) is 19.6 Å². The zero-order valence-electron chi connectivity index (χ0n) is 9.56. The van der Waals surface area contributed by atoms with Crippen molar-refractivity contribution in [3.05, 3.63) is 18.2 Å². The molecule has 0 atom stereocenters. The number of hydrogen-bond acceptors (Lipinski definition) is 4. The minimum atomic E-state index is -0.443. The Kier molecular flexibility index (Phi) is 4.04. The molecule has 6 nitrogen and oxygen atoms in total. The number of carbonyl (C=O) groups is 2. The fraction of sp³-hybridized carbons (Fsp3) is 0.500. The van der Waals surface area contributed by atoms with Gasteiger partial charge in [-0.1, -0.05) is 0 Å². The van der Waals surface area contributed by atoms with Gasteiger partial charge >= 0.3 is 5.97 Å². The second-order valence-electron chi connectivity index (χ2n) is 3.57. The van der Waals surface area contributed by atoms with E-state index in [2.05, 4.69) is 14.7 Å². The van der Waals surface area contributed by atoms with E-state index < -0.39 is 5.97 Å². The van der Waals surface area contributed by atoms with Crippen molar-refractivity contribution in [2.45, 2.75) is 19.9 Å². The van der Waals surface area contributed by atoms with E-state index in [0.29, 0.717) is 5.69 Å². The average molecular weight is 225 g/mol. The molecule has 0 bridgehead atoms. The molecule has 0 saturated carbocycles. The predicted octanol–water partition coefficient (Wildman–Crippen LogP) is 0.433. The van der Waals surface area contributed by atoms with Gasteiger partial charge in [-0.05, 0) is 13.8 Å². The summed E-state index contributed by atoms with van der Waals surface area (Å²) in [6.45, 7) is 3.60. The van der Waals surface area contributed by atoms with E-state index in [1.807, 2.05) is 13.8 Å². The van der Waals surface area contributed by atoms with Crippen molar-refractivity contribution in [2.24, 2.45) is 0 Å². The number of H-pyrrole nitrogens is 1. The van der Waals surface area contributed by atoms with Crippen LogP contribution in [0.5, 0.6) is 0 Å². The SMILES string of the molecule is COC(=O)CN(C(=O)c1cnc[nH]1)C(C)C. The van der Waals surface area contributed by atoms with Gasteiger partial charge in [0.2, 0.25) is 0 Å². The molecular formula is C10H15N3O3. The highest BCUT2D eigenvalue weighted by Gasteiger charge is 2.22. The smallest absolute Gasteiger partial charge is 0.325 e. The number of carbonyl (C=O) groups excluding carboxylic acids is 2. The van der Waals surface area contributed by atoms with Crippen LogP contribution in [0.2, 0.25) is 0 Å². The molecule has 1 amide bonds. The lowest BCUT2D eigenvalue weighted by molar-refractivity contribution is -0.141. The highest BCUT2D eigenvalue weighted by molar-refractivity contribution is 5.94. The number of aromatic nitrogens is 2. The van der Waals surface area contributed by atoms with E-state index in [1.165, 1.54) is 24.5 Å². The number of ether oxygens (including phenoxy) is 1. The lowest BCUT2D eigenvalue weighted by Crippen LogP contribution is -2.41. The molecule has 1 aromatic heterocycles. The lowest BCUT2D eigenvalue weighted by atomic mass is 10.3. The number of methoxy groups -OCH3 is 1. The molecule has 6 heteroatoms. The third-order valence-corrected chi connectivity index (χ3v) is 2.14. The summed E-state index contributed by atoms with van der Waals surface area (Å²) in [7, 11) is 1.29. The first-order valence-electron chi connectivity index (χ1n) is 4.92. The molecule has 0 aliphatic heterocycles. The van der Waals surface area contributed by atoms with E-state index in [-0.39, 0.29) is 18.5 Å². The highest BCUT2D eigenvalue weighted by Crippen LogP contribution is 2.05. The summed E-state index contributed by atoms with van der Waals surface area (Å²) in [5, 5.41) is 0. The van der Waals surface area contributed by atoms with Crippen LogP contribution < -0.4 is 0 Å². The van der Waals surface area contributed by atoms with Crippen LogP contribution in [0.1, 0.15) is 24.3 Å². The molecule has 1 heterocycles. The number of aromatic amines is 1. The number of amides is 1. The zero-order valence-corrected chi connectivity index (χ0v) is 9.56. The highest BCUT2D eigenvalue weighted by atomic mass is 16.5. The van der Waals surface area contributed by atoms with Crippen molar-refractivity contribution in [3.8, 4) is 0 Å². The van der Waals surface area contributed by atoms with Crippen LogP contribution in [0, 0.1) is 0 Å². The molecule has 0 radical (unpaired) electrons. The van der Waals surface area contributed by atoms with Crippen molar-refractivity contribution in [2.75, 3.05) is 13.7 Å². The third-order valence-electron chi connectivity index (χ3n) is 2.14. The van der Waals surface area contributed by atoms with Crippen molar-refractivity contribution in [3.63, 3.8) is 0 Å². The van der Waals surface area contributed by atoms with E-state index in [0.717, 1.165) is 0 Å². The molecule has 0 unspecified atom stereocenters. The van der Waals surface area contributed by atoms with Crippen LogP contribution in [0.3, 0.4) is 0 Å². The second-order valence-corrected chi connectivity index (χ2v) is 3.57. The van der Waals surface area contributed by atoms with Crippen molar-refractivity contribution >= 4 is 11.9 Å². The molecule has 1 aromatic rings. The number of nitrogens with zero attached hydrogens (tertiary/aromatic N) is 2. The maximum Gasteiger partial charge on any atom is 0.325 e. The largest absolute Gasteiger partial charge is 0.468 e. The number of imidazole rings is 1. The minimum Gasteiger partial charge on any atom is -0.468 e. The Morgan fingerprint density at radius 3 is 2.69 bits per heavy atom. The van der Waals surface area contributed by atoms with Gasteiger partial charge < -0.3 is 14.6 Å². The second kappa shape index (κ2) is 5.29. The number of hydrogen-bond donors (Lipinski definition) is 1. The fourth-order valence-corrected chi connectivity index (χ4v) is 1.22. The summed E-state index contributed by atoms with van der Waals surface area (Å²) in [6, 6.07) is -0.0881. The third kappa shape index (κ3) is 2.82. The Hall–Kier alpha value is -1.85. The summed E-state index contributed by atoms with van der Waals surface area (Å²) < 4.78 is 4.54. The minimum absolute atomic E-state index is 0.0635.